The molecule has 0 aromatic heterocycles. The van der Waals surface area contributed by atoms with Crippen LogP contribution in [0.2, 0.25) is 0 Å². The summed E-state index contributed by atoms with van der Waals surface area (Å²) in [7, 11) is 2.21. The van der Waals surface area contributed by atoms with Gasteiger partial charge in [0.15, 0.2) is 0 Å². The van der Waals surface area contributed by atoms with Gasteiger partial charge in [0.25, 0.3) is 0 Å². The smallest absolute Gasteiger partial charge is 0.106 e. The largest absolute Gasteiger partial charge is 0.352 e. The maximum absolute atomic E-state index is 2.57. The molecule has 0 spiro atoms. The lowest BCUT2D eigenvalue weighted by Gasteiger charge is -2.36. The van der Waals surface area contributed by atoms with Crippen molar-refractivity contribution in [3.05, 3.63) is 47.7 Å². The normalized spacial score (nSPS) is 25.4. The number of rotatable bonds is 2. The molecule has 0 radical (unpaired) electrons. The standard InChI is InChI=1S/C18H24N2/c1-5-17-19(4)15-11-6-7-12-16(15)20(17)18-13(2)9-8-10-14(18)3/h6-9,11-12,14,17H,5,10H2,1-4H3. The van der Waals surface area contributed by atoms with Gasteiger partial charge >= 0.3 is 0 Å². The lowest BCUT2D eigenvalue weighted by Crippen LogP contribution is -2.42. The molecule has 1 aromatic rings. The van der Waals surface area contributed by atoms with Crippen molar-refractivity contribution in [2.24, 2.45) is 5.92 Å². The van der Waals surface area contributed by atoms with Gasteiger partial charge in [0.05, 0.1) is 11.4 Å². The minimum atomic E-state index is 0.436. The van der Waals surface area contributed by atoms with E-state index in [1.807, 2.05) is 0 Å². The topological polar surface area (TPSA) is 6.48 Å². The Morgan fingerprint density at radius 3 is 2.55 bits per heavy atom. The van der Waals surface area contributed by atoms with Crippen LogP contribution in [0.4, 0.5) is 11.4 Å². The molecule has 0 fully saturated rings. The van der Waals surface area contributed by atoms with Crippen LogP contribution in [0.3, 0.4) is 0 Å². The average molecular weight is 268 g/mol. The van der Waals surface area contributed by atoms with Crippen molar-refractivity contribution >= 4 is 11.4 Å². The molecule has 2 aliphatic rings. The predicted octanol–water partition coefficient (Wildman–Crippen LogP) is 4.55. The highest BCUT2D eigenvalue weighted by atomic mass is 15.4. The summed E-state index contributed by atoms with van der Waals surface area (Å²) in [6.07, 6.45) is 7.29. The average Bonchev–Trinajstić information content (AvgIpc) is 2.72. The number of benzene rings is 1. The minimum Gasteiger partial charge on any atom is -0.352 e. The van der Waals surface area contributed by atoms with Gasteiger partial charge in [-0.1, -0.05) is 38.1 Å². The fourth-order valence-electron chi connectivity index (χ4n) is 3.67. The summed E-state index contributed by atoms with van der Waals surface area (Å²) in [6, 6.07) is 8.78. The Bertz CT molecular complexity index is 571. The summed E-state index contributed by atoms with van der Waals surface area (Å²) in [6.45, 7) is 6.87. The molecule has 1 heterocycles. The quantitative estimate of drug-likeness (QED) is 0.776. The van der Waals surface area contributed by atoms with E-state index in [0.29, 0.717) is 12.1 Å². The van der Waals surface area contributed by atoms with Crippen molar-refractivity contribution in [1.29, 1.82) is 0 Å². The lowest BCUT2D eigenvalue weighted by atomic mass is 9.92. The summed E-state index contributed by atoms with van der Waals surface area (Å²) < 4.78 is 0. The third-order valence-corrected chi connectivity index (χ3v) is 4.62. The molecule has 2 nitrogen and oxygen atoms in total. The zero-order valence-electron chi connectivity index (χ0n) is 12.9. The second kappa shape index (κ2) is 5.01. The van der Waals surface area contributed by atoms with Crippen LogP contribution in [-0.2, 0) is 0 Å². The van der Waals surface area contributed by atoms with Gasteiger partial charge in [-0.25, -0.2) is 0 Å². The second-order valence-electron chi connectivity index (χ2n) is 5.97. The van der Waals surface area contributed by atoms with E-state index in [-0.39, 0.29) is 0 Å². The molecule has 0 N–H and O–H groups in total. The molecule has 0 amide bonds. The number of hydrogen-bond acceptors (Lipinski definition) is 2. The Hall–Kier alpha value is -1.70. The summed E-state index contributed by atoms with van der Waals surface area (Å²) in [4.78, 5) is 4.99. The van der Waals surface area contributed by atoms with Gasteiger partial charge in [0.2, 0.25) is 0 Å². The van der Waals surface area contributed by atoms with Gasteiger partial charge in [-0.2, -0.15) is 0 Å². The van der Waals surface area contributed by atoms with Gasteiger partial charge < -0.3 is 9.80 Å². The maximum atomic E-state index is 2.57. The minimum absolute atomic E-state index is 0.436. The first kappa shape index (κ1) is 13.3. The van der Waals surface area contributed by atoms with Crippen molar-refractivity contribution in [1.82, 2.24) is 0 Å². The molecular formula is C18H24N2. The fourth-order valence-corrected chi connectivity index (χ4v) is 3.67. The predicted molar refractivity (Wildman–Crippen MR) is 87.0 cm³/mol. The zero-order chi connectivity index (χ0) is 14.3. The van der Waals surface area contributed by atoms with Gasteiger partial charge in [-0.05, 0) is 37.5 Å². The number of fused-ring (bicyclic) bond motifs is 1. The number of allylic oxidation sites excluding steroid dienone is 4. The van der Waals surface area contributed by atoms with E-state index in [0.717, 1.165) is 12.8 Å². The SMILES string of the molecule is CCC1N(C)c2ccccc2N1C1=C(C)C=CCC1C. The molecule has 1 aliphatic carbocycles. The van der Waals surface area contributed by atoms with Crippen LogP contribution in [0.5, 0.6) is 0 Å². The summed E-state index contributed by atoms with van der Waals surface area (Å²) in [5, 5.41) is 0. The first-order valence-electron chi connectivity index (χ1n) is 7.63. The van der Waals surface area contributed by atoms with Gasteiger partial charge in [0.1, 0.15) is 6.17 Å². The monoisotopic (exact) mass is 268 g/mol. The van der Waals surface area contributed by atoms with Crippen molar-refractivity contribution in [2.45, 2.75) is 39.8 Å². The van der Waals surface area contributed by atoms with Crippen LogP contribution in [-0.4, -0.2) is 13.2 Å². The van der Waals surface area contributed by atoms with Crippen LogP contribution in [0.15, 0.2) is 47.7 Å². The molecule has 0 saturated heterocycles. The van der Waals surface area contributed by atoms with E-state index in [4.69, 9.17) is 0 Å². The second-order valence-corrected chi connectivity index (χ2v) is 5.97. The van der Waals surface area contributed by atoms with E-state index < -0.39 is 0 Å². The highest BCUT2D eigenvalue weighted by molar-refractivity contribution is 5.80. The third-order valence-electron chi connectivity index (χ3n) is 4.62. The molecule has 2 heteroatoms. The van der Waals surface area contributed by atoms with Crippen molar-refractivity contribution < 1.29 is 0 Å². The first-order chi connectivity index (χ1) is 9.65. The molecule has 20 heavy (non-hydrogen) atoms. The molecule has 106 valence electrons. The van der Waals surface area contributed by atoms with Crippen molar-refractivity contribution in [3.63, 3.8) is 0 Å². The van der Waals surface area contributed by atoms with Crippen molar-refractivity contribution in [3.8, 4) is 0 Å². The summed E-state index contributed by atoms with van der Waals surface area (Å²) >= 11 is 0. The lowest BCUT2D eigenvalue weighted by molar-refractivity contribution is 0.564. The Labute approximate surface area is 122 Å². The maximum Gasteiger partial charge on any atom is 0.106 e. The molecule has 2 atom stereocenters. The Morgan fingerprint density at radius 1 is 1.20 bits per heavy atom. The molecule has 0 bridgehead atoms. The van der Waals surface area contributed by atoms with Crippen molar-refractivity contribution in [2.75, 3.05) is 16.8 Å². The number of nitrogens with zero attached hydrogens (tertiary/aromatic N) is 2. The van der Waals surface area contributed by atoms with Crippen LogP contribution in [0.1, 0.15) is 33.6 Å². The molecule has 3 rings (SSSR count). The summed E-state index contributed by atoms with van der Waals surface area (Å²) in [5.74, 6) is 0.591. The van der Waals surface area contributed by atoms with Gasteiger partial charge in [-0.3, -0.25) is 0 Å². The van der Waals surface area contributed by atoms with Crippen LogP contribution < -0.4 is 9.80 Å². The number of hydrogen-bond donors (Lipinski definition) is 0. The van der Waals surface area contributed by atoms with Crippen LogP contribution >= 0.6 is 0 Å². The highest BCUT2D eigenvalue weighted by Gasteiger charge is 2.36. The van der Waals surface area contributed by atoms with E-state index in [9.17, 15) is 0 Å². The molecule has 1 aromatic carbocycles. The Kier molecular flexibility index (Phi) is 3.33. The summed E-state index contributed by atoms with van der Waals surface area (Å²) in [5.41, 5.74) is 5.61. The molecule has 0 saturated carbocycles. The van der Waals surface area contributed by atoms with Gasteiger partial charge in [0, 0.05) is 18.7 Å². The van der Waals surface area contributed by atoms with E-state index >= 15 is 0 Å². The highest BCUT2D eigenvalue weighted by Crippen LogP contribution is 2.45. The zero-order valence-corrected chi connectivity index (χ0v) is 12.9. The van der Waals surface area contributed by atoms with E-state index in [2.05, 4.69) is 74.0 Å². The van der Waals surface area contributed by atoms with E-state index in [1.54, 1.807) is 0 Å². The fraction of sp³-hybridized carbons (Fsp3) is 0.444. The Balaban J connectivity index is 2.14. The molecular weight excluding hydrogens is 244 g/mol. The third kappa shape index (κ3) is 1.86. The number of para-hydroxylation sites is 2. The van der Waals surface area contributed by atoms with E-state index in [1.165, 1.54) is 22.6 Å². The van der Waals surface area contributed by atoms with Crippen LogP contribution in [0, 0.1) is 5.92 Å². The number of anilines is 2. The van der Waals surface area contributed by atoms with Gasteiger partial charge in [-0.15, -0.1) is 0 Å². The molecule has 2 unspecified atom stereocenters. The first-order valence-corrected chi connectivity index (χ1v) is 7.63. The molecule has 1 aliphatic heterocycles. The Morgan fingerprint density at radius 2 is 1.90 bits per heavy atom. The van der Waals surface area contributed by atoms with Crippen LogP contribution in [0.25, 0.3) is 0 Å².